The lowest BCUT2D eigenvalue weighted by molar-refractivity contribution is 0.384. The predicted molar refractivity (Wildman–Crippen MR) is 120 cm³/mol. The minimum atomic E-state index is 0.803. The number of unbranched alkanes of at least 4 members (excludes halogenated alkanes) is 1. The molecule has 0 radical (unpaired) electrons. The molecule has 0 saturated heterocycles. The first-order valence-electron chi connectivity index (χ1n) is 11.9. The first kappa shape index (κ1) is 20.7. The molecular formula is C27H42. The summed E-state index contributed by atoms with van der Waals surface area (Å²) in [5, 5.41) is 0. The summed E-state index contributed by atoms with van der Waals surface area (Å²) < 4.78 is 0. The zero-order valence-corrected chi connectivity index (χ0v) is 18.5. The zero-order valence-electron chi connectivity index (χ0n) is 18.5. The fourth-order valence-electron chi connectivity index (χ4n) is 6.28. The lowest BCUT2D eigenvalue weighted by Crippen LogP contribution is -2.16. The van der Waals surface area contributed by atoms with Crippen molar-refractivity contribution in [2.24, 2.45) is 41.4 Å². The summed E-state index contributed by atoms with van der Waals surface area (Å²) in [6.45, 7) is 11.5. The van der Waals surface area contributed by atoms with Gasteiger partial charge in [-0.2, -0.15) is 0 Å². The Morgan fingerprint density at radius 3 is 2.07 bits per heavy atom. The third kappa shape index (κ3) is 4.36. The molecule has 0 aromatic heterocycles. The molecule has 27 heavy (non-hydrogen) atoms. The lowest BCUT2D eigenvalue weighted by Gasteiger charge is -2.25. The molecule has 4 aliphatic carbocycles. The lowest BCUT2D eigenvalue weighted by atomic mass is 9.80. The van der Waals surface area contributed by atoms with Gasteiger partial charge in [0.2, 0.25) is 0 Å². The van der Waals surface area contributed by atoms with Gasteiger partial charge in [0.05, 0.1) is 0 Å². The van der Waals surface area contributed by atoms with Gasteiger partial charge >= 0.3 is 0 Å². The van der Waals surface area contributed by atoms with Crippen LogP contribution in [0.3, 0.4) is 0 Å². The van der Waals surface area contributed by atoms with Crippen molar-refractivity contribution in [2.75, 3.05) is 0 Å². The highest BCUT2D eigenvalue weighted by atomic mass is 14.5. The molecule has 0 nitrogen and oxygen atoms in total. The van der Waals surface area contributed by atoms with Crippen LogP contribution in [0.1, 0.15) is 79.6 Å². The molecule has 0 heteroatoms. The Bertz CT molecular complexity index is 600. The van der Waals surface area contributed by atoms with Gasteiger partial charge in [0, 0.05) is 0 Å². The zero-order chi connectivity index (χ0) is 19.4. The average Bonchev–Trinajstić information content (AvgIpc) is 3.42. The van der Waals surface area contributed by atoms with Crippen molar-refractivity contribution < 1.29 is 0 Å². The summed E-state index contributed by atoms with van der Waals surface area (Å²) in [6.07, 6.45) is 24.2. The largest absolute Gasteiger partial charge is 0.0847 e. The fourth-order valence-corrected chi connectivity index (χ4v) is 6.28. The molecular weight excluding hydrogens is 324 g/mol. The van der Waals surface area contributed by atoms with E-state index >= 15 is 0 Å². The van der Waals surface area contributed by atoms with Crippen LogP contribution < -0.4 is 0 Å². The Kier molecular flexibility index (Phi) is 7.23. The first-order valence-corrected chi connectivity index (χ1v) is 11.9. The van der Waals surface area contributed by atoms with Crippen molar-refractivity contribution >= 4 is 0 Å². The molecule has 0 aliphatic heterocycles. The Hall–Kier alpha value is -1.04. The van der Waals surface area contributed by atoms with E-state index in [9.17, 15) is 0 Å². The van der Waals surface area contributed by atoms with E-state index in [2.05, 4.69) is 71.1 Å². The van der Waals surface area contributed by atoms with E-state index in [-0.39, 0.29) is 0 Å². The second kappa shape index (κ2) is 9.44. The second-order valence-corrected chi connectivity index (χ2v) is 9.53. The van der Waals surface area contributed by atoms with Crippen LogP contribution in [0.4, 0.5) is 0 Å². The summed E-state index contributed by atoms with van der Waals surface area (Å²) in [6, 6.07) is 0. The van der Waals surface area contributed by atoms with Crippen molar-refractivity contribution in [3.05, 3.63) is 47.6 Å². The van der Waals surface area contributed by atoms with Gasteiger partial charge in [-0.05, 0) is 73.5 Å². The predicted octanol–water partition coefficient (Wildman–Crippen LogP) is 8.14. The molecule has 6 atom stereocenters. The molecule has 4 bridgehead atoms. The fraction of sp³-hybridized carbons (Fsp3) is 0.704. The Morgan fingerprint density at radius 1 is 0.852 bits per heavy atom. The maximum Gasteiger partial charge on any atom is -0.00143 e. The SMILES string of the molecule is CC/C=C1\C2C=CC(C2)C1C(C)C.CC/C=C1\C2C=CC(C2)C1CCCC. The van der Waals surface area contributed by atoms with Gasteiger partial charge in [0.15, 0.2) is 0 Å². The highest BCUT2D eigenvalue weighted by Crippen LogP contribution is 2.51. The summed E-state index contributed by atoms with van der Waals surface area (Å²) in [7, 11) is 0. The average molecular weight is 367 g/mol. The maximum atomic E-state index is 2.49. The van der Waals surface area contributed by atoms with Crippen LogP contribution in [-0.2, 0) is 0 Å². The Balaban J connectivity index is 0.000000156. The third-order valence-electron chi connectivity index (χ3n) is 7.35. The van der Waals surface area contributed by atoms with Gasteiger partial charge in [0.1, 0.15) is 0 Å². The summed E-state index contributed by atoms with van der Waals surface area (Å²) in [4.78, 5) is 0. The number of hydrogen-bond acceptors (Lipinski definition) is 0. The number of rotatable bonds is 6. The van der Waals surface area contributed by atoms with Gasteiger partial charge < -0.3 is 0 Å². The van der Waals surface area contributed by atoms with E-state index < -0.39 is 0 Å². The van der Waals surface area contributed by atoms with Crippen molar-refractivity contribution in [3.63, 3.8) is 0 Å². The van der Waals surface area contributed by atoms with E-state index in [0.717, 1.165) is 41.4 Å². The van der Waals surface area contributed by atoms with Crippen molar-refractivity contribution in [1.82, 2.24) is 0 Å². The summed E-state index contributed by atoms with van der Waals surface area (Å²) in [5.74, 6) is 5.96. The van der Waals surface area contributed by atoms with Gasteiger partial charge in [0.25, 0.3) is 0 Å². The van der Waals surface area contributed by atoms with Crippen LogP contribution in [0.15, 0.2) is 47.6 Å². The van der Waals surface area contributed by atoms with Crippen LogP contribution >= 0.6 is 0 Å². The molecule has 0 heterocycles. The minimum Gasteiger partial charge on any atom is -0.0847 e. The Labute approximate surface area is 168 Å². The van der Waals surface area contributed by atoms with Crippen LogP contribution in [0.25, 0.3) is 0 Å². The van der Waals surface area contributed by atoms with Crippen LogP contribution in [0.2, 0.25) is 0 Å². The number of allylic oxidation sites excluding steroid dienone is 8. The number of hydrogen-bond donors (Lipinski definition) is 0. The first-order chi connectivity index (χ1) is 13.1. The normalized spacial score (nSPS) is 38.4. The van der Waals surface area contributed by atoms with Crippen molar-refractivity contribution in [2.45, 2.75) is 79.6 Å². The van der Waals surface area contributed by atoms with Gasteiger partial charge in [-0.25, -0.2) is 0 Å². The molecule has 0 spiro atoms. The topological polar surface area (TPSA) is 0 Å². The summed E-state index contributed by atoms with van der Waals surface area (Å²) >= 11 is 0. The van der Waals surface area contributed by atoms with Crippen molar-refractivity contribution in [3.8, 4) is 0 Å². The molecule has 0 aromatic carbocycles. The summed E-state index contributed by atoms with van der Waals surface area (Å²) in [5.41, 5.74) is 3.51. The molecule has 4 rings (SSSR count). The second-order valence-electron chi connectivity index (χ2n) is 9.53. The molecule has 4 aliphatic rings. The monoisotopic (exact) mass is 366 g/mol. The number of fused-ring (bicyclic) bond motifs is 4. The maximum absolute atomic E-state index is 2.49. The van der Waals surface area contributed by atoms with E-state index in [4.69, 9.17) is 0 Å². The minimum absolute atomic E-state index is 0.803. The highest BCUT2D eigenvalue weighted by molar-refractivity contribution is 5.31. The van der Waals surface area contributed by atoms with Gasteiger partial charge in [-0.3, -0.25) is 0 Å². The van der Waals surface area contributed by atoms with E-state index in [0.29, 0.717) is 0 Å². The van der Waals surface area contributed by atoms with Gasteiger partial charge in [-0.15, -0.1) is 0 Å². The van der Waals surface area contributed by atoms with Crippen LogP contribution in [-0.4, -0.2) is 0 Å². The smallest absolute Gasteiger partial charge is 0.00143 e. The van der Waals surface area contributed by atoms with Crippen LogP contribution in [0, 0.1) is 41.4 Å². The third-order valence-corrected chi connectivity index (χ3v) is 7.35. The quantitative estimate of drug-likeness (QED) is 0.416. The van der Waals surface area contributed by atoms with E-state index in [1.54, 1.807) is 11.1 Å². The molecule has 0 amide bonds. The molecule has 0 aromatic rings. The molecule has 2 fully saturated rings. The van der Waals surface area contributed by atoms with E-state index in [1.807, 2.05) is 0 Å². The van der Waals surface area contributed by atoms with E-state index in [1.165, 1.54) is 44.9 Å². The highest BCUT2D eigenvalue weighted by Gasteiger charge is 2.41. The molecule has 150 valence electrons. The molecule has 6 unspecified atom stereocenters. The molecule has 2 saturated carbocycles. The molecule has 0 N–H and O–H groups in total. The Morgan fingerprint density at radius 2 is 1.44 bits per heavy atom. The standard InChI is InChI=1S/C14H22.C13H20/c1-3-5-7-14-12-9-8-11(10-12)13(14)6-4-2;1-4-5-12-10-6-7-11(8-10)13(12)9(2)3/h6,8-9,11-12,14H,3-5,7,10H2,1-2H3;5-7,9-11,13H,4,8H2,1-3H3/b13-6+;12-5+. The van der Waals surface area contributed by atoms with Gasteiger partial charge in [-0.1, -0.05) is 95.1 Å². The van der Waals surface area contributed by atoms with Crippen molar-refractivity contribution in [1.29, 1.82) is 0 Å². The van der Waals surface area contributed by atoms with Crippen LogP contribution in [0.5, 0.6) is 0 Å².